The third kappa shape index (κ3) is 2.98. The third-order valence-corrected chi connectivity index (χ3v) is 3.01. The van der Waals surface area contributed by atoms with E-state index in [2.05, 4.69) is 10.3 Å². The molecule has 0 saturated heterocycles. The Kier molecular flexibility index (Phi) is 3.51. The normalized spacial score (nSPS) is 11.6. The second-order valence-electron chi connectivity index (χ2n) is 3.51. The molecule has 0 atom stereocenters. The van der Waals surface area contributed by atoms with Gasteiger partial charge in [-0.1, -0.05) is 0 Å². The maximum absolute atomic E-state index is 13.3. The van der Waals surface area contributed by atoms with Gasteiger partial charge in [-0.3, -0.25) is 4.98 Å². The predicted molar refractivity (Wildman–Crippen MR) is 60.8 cm³/mol. The van der Waals surface area contributed by atoms with E-state index in [0.717, 1.165) is 17.0 Å². The largest absolute Gasteiger partial charge is 0.416 e. The third-order valence-electron chi connectivity index (χ3n) is 2.23. The summed E-state index contributed by atoms with van der Waals surface area (Å²) in [5, 5.41) is 2.62. The molecule has 0 amide bonds. The van der Waals surface area contributed by atoms with Crippen LogP contribution in [-0.2, 0) is 12.7 Å². The van der Waals surface area contributed by atoms with Crippen molar-refractivity contribution in [2.24, 2.45) is 0 Å². The van der Waals surface area contributed by atoms with Gasteiger partial charge in [0.25, 0.3) is 0 Å². The van der Waals surface area contributed by atoms with Gasteiger partial charge in [0.05, 0.1) is 23.3 Å². The zero-order valence-electron chi connectivity index (χ0n) is 8.96. The van der Waals surface area contributed by atoms with Crippen LogP contribution in [0.1, 0.15) is 10.4 Å². The summed E-state index contributed by atoms with van der Waals surface area (Å²) in [4.78, 5) is 4.63. The molecule has 0 radical (unpaired) electrons. The number of benzene rings is 1. The maximum atomic E-state index is 13.3. The zero-order chi connectivity index (χ0) is 13.2. The van der Waals surface area contributed by atoms with Gasteiger partial charge in [-0.25, -0.2) is 4.39 Å². The zero-order valence-corrected chi connectivity index (χ0v) is 9.78. The predicted octanol–water partition coefficient (Wildman–Crippen LogP) is 3.91. The second-order valence-corrected chi connectivity index (χ2v) is 4.48. The number of nitrogens with one attached hydrogen (secondary N) is 1. The summed E-state index contributed by atoms with van der Waals surface area (Å²) in [5.74, 6) is -0.715. The highest BCUT2D eigenvalue weighted by atomic mass is 32.1. The minimum absolute atomic E-state index is 0.168. The second kappa shape index (κ2) is 4.93. The van der Waals surface area contributed by atoms with Crippen molar-refractivity contribution in [3.63, 3.8) is 0 Å². The molecule has 7 heteroatoms. The van der Waals surface area contributed by atoms with E-state index in [4.69, 9.17) is 0 Å². The maximum Gasteiger partial charge on any atom is 0.416 e. The molecular formula is C11H8F4N2S. The SMILES string of the molecule is Fc1ccc(C(F)(F)F)cc1NCc1cncs1. The lowest BCUT2D eigenvalue weighted by Gasteiger charge is -2.11. The molecule has 0 saturated carbocycles. The lowest BCUT2D eigenvalue weighted by molar-refractivity contribution is -0.137. The summed E-state index contributed by atoms with van der Waals surface area (Å²) in [6.07, 6.45) is -2.90. The highest BCUT2D eigenvalue weighted by molar-refractivity contribution is 7.09. The quantitative estimate of drug-likeness (QED) is 0.860. The first-order chi connectivity index (χ1) is 8.47. The lowest BCUT2D eigenvalue weighted by Crippen LogP contribution is -2.07. The topological polar surface area (TPSA) is 24.9 Å². The van der Waals surface area contributed by atoms with E-state index >= 15 is 0 Å². The van der Waals surface area contributed by atoms with Gasteiger partial charge in [-0.15, -0.1) is 11.3 Å². The van der Waals surface area contributed by atoms with Crippen LogP contribution < -0.4 is 5.32 Å². The van der Waals surface area contributed by atoms with Crippen LogP contribution >= 0.6 is 11.3 Å². The molecule has 1 aromatic heterocycles. The average molecular weight is 276 g/mol. The number of hydrogen-bond acceptors (Lipinski definition) is 3. The van der Waals surface area contributed by atoms with Crippen molar-refractivity contribution in [3.8, 4) is 0 Å². The van der Waals surface area contributed by atoms with E-state index < -0.39 is 17.6 Å². The van der Waals surface area contributed by atoms with Crippen LogP contribution in [0, 0.1) is 5.82 Å². The van der Waals surface area contributed by atoms with E-state index in [-0.39, 0.29) is 12.2 Å². The smallest absolute Gasteiger partial charge is 0.378 e. The molecule has 0 fully saturated rings. The summed E-state index contributed by atoms with van der Waals surface area (Å²) >= 11 is 1.34. The van der Waals surface area contributed by atoms with Gasteiger partial charge in [0.2, 0.25) is 0 Å². The number of alkyl halides is 3. The van der Waals surface area contributed by atoms with Crippen molar-refractivity contribution in [2.45, 2.75) is 12.7 Å². The van der Waals surface area contributed by atoms with Gasteiger partial charge in [-0.05, 0) is 18.2 Å². The van der Waals surface area contributed by atoms with E-state index in [1.165, 1.54) is 11.3 Å². The van der Waals surface area contributed by atoms with Crippen LogP contribution in [0.3, 0.4) is 0 Å². The van der Waals surface area contributed by atoms with E-state index in [0.29, 0.717) is 6.07 Å². The highest BCUT2D eigenvalue weighted by Crippen LogP contribution is 2.31. The number of anilines is 1. The fourth-order valence-corrected chi connectivity index (χ4v) is 1.88. The van der Waals surface area contributed by atoms with Crippen LogP contribution in [0.25, 0.3) is 0 Å². The summed E-state index contributed by atoms with van der Waals surface area (Å²) in [6, 6.07) is 2.28. The monoisotopic (exact) mass is 276 g/mol. The molecule has 0 aliphatic carbocycles. The molecule has 2 nitrogen and oxygen atoms in total. The minimum atomic E-state index is -4.48. The Balaban J connectivity index is 2.16. The summed E-state index contributed by atoms with van der Waals surface area (Å²) < 4.78 is 50.7. The number of aromatic nitrogens is 1. The van der Waals surface area contributed by atoms with Crippen molar-refractivity contribution in [1.29, 1.82) is 0 Å². The van der Waals surface area contributed by atoms with E-state index in [9.17, 15) is 17.6 Å². The molecule has 18 heavy (non-hydrogen) atoms. The Hall–Kier alpha value is -1.63. The number of halogens is 4. The van der Waals surface area contributed by atoms with Gasteiger partial charge in [0, 0.05) is 11.1 Å². The Morgan fingerprint density at radius 2 is 2.06 bits per heavy atom. The molecule has 0 aliphatic heterocycles. The molecule has 1 N–H and O–H groups in total. The molecule has 0 bridgehead atoms. The fraction of sp³-hybridized carbons (Fsp3) is 0.182. The highest BCUT2D eigenvalue weighted by Gasteiger charge is 2.31. The van der Waals surface area contributed by atoms with Crippen LogP contribution in [0.5, 0.6) is 0 Å². The van der Waals surface area contributed by atoms with Crippen molar-refractivity contribution in [1.82, 2.24) is 4.98 Å². The average Bonchev–Trinajstić information content (AvgIpc) is 2.79. The van der Waals surface area contributed by atoms with Crippen LogP contribution in [0.4, 0.5) is 23.2 Å². The molecule has 0 unspecified atom stereocenters. The lowest BCUT2D eigenvalue weighted by atomic mass is 10.2. The first kappa shape index (κ1) is 12.8. The van der Waals surface area contributed by atoms with Gasteiger partial charge in [0.1, 0.15) is 5.82 Å². The molecule has 2 aromatic rings. The Morgan fingerprint density at radius 3 is 2.67 bits per heavy atom. The standard InChI is InChI=1S/C11H8F4N2S/c12-9-2-1-7(11(13,14)15)3-10(9)17-5-8-4-16-6-18-8/h1-4,6,17H,5H2. The molecule has 2 rings (SSSR count). The Morgan fingerprint density at radius 1 is 1.28 bits per heavy atom. The number of nitrogens with zero attached hydrogens (tertiary/aromatic N) is 1. The number of hydrogen-bond donors (Lipinski definition) is 1. The van der Waals surface area contributed by atoms with E-state index in [1.54, 1.807) is 11.7 Å². The summed E-state index contributed by atoms with van der Waals surface area (Å²) in [7, 11) is 0. The van der Waals surface area contributed by atoms with Crippen molar-refractivity contribution in [2.75, 3.05) is 5.32 Å². The first-order valence-corrected chi connectivity index (χ1v) is 5.83. The summed E-state index contributed by atoms with van der Waals surface area (Å²) in [6.45, 7) is 0.239. The summed E-state index contributed by atoms with van der Waals surface area (Å²) in [5.41, 5.74) is 0.549. The Bertz CT molecular complexity index is 522. The Labute approximate surface area is 104 Å². The van der Waals surface area contributed by atoms with Gasteiger partial charge in [-0.2, -0.15) is 13.2 Å². The van der Waals surface area contributed by atoms with Crippen LogP contribution in [0.15, 0.2) is 29.9 Å². The van der Waals surface area contributed by atoms with Crippen LogP contribution in [0.2, 0.25) is 0 Å². The number of rotatable bonds is 3. The molecule has 1 aromatic carbocycles. The van der Waals surface area contributed by atoms with Crippen molar-refractivity contribution in [3.05, 3.63) is 46.2 Å². The molecule has 1 heterocycles. The van der Waals surface area contributed by atoms with Crippen LogP contribution in [-0.4, -0.2) is 4.98 Å². The van der Waals surface area contributed by atoms with Gasteiger partial charge >= 0.3 is 6.18 Å². The van der Waals surface area contributed by atoms with Gasteiger partial charge in [0.15, 0.2) is 0 Å². The van der Waals surface area contributed by atoms with Crippen molar-refractivity contribution < 1.29 is 17.6 Å². The molecule has 0 aliphatic rings. The minimum Gasteiger partial charge on any atom is -0.378 e. The van der Waals surface area contributed by atoms with E-state index in [1.807, 2.05) is 0 Å². The fourth-order valence-electron chi connectivity index (χ4n) is 1.35. The number of thiazole rings is 1. The molecule has 96 valence electrons. The first-order valence-electron chi connectivity index (χ1n) is 4.95. The van der Waals surface area contributed by atoms with Crippen molar-refractivity contribution >= 4 is 17.0 Å². The molecule has 0 spiro atoms. The molecular weight excluding hydrogens is 268 g/mol. The van der Waals surface area contributed by atoms with Gasteiger partial charge < -0.3 is 5.32 Å².